The minimum Gasteiger partial charge on any atom is -0.480 e. The molecule has 1 saturated heterocycles. The Kier molecular flexibility index (Phi) is 17.9. The maximum atomic E-state index is 14.1. The van der Waals surface area contributed by atoms with E-state index >= 15 is 0 Å². The zero-order valence-corrected chi connectivity index (χ0v) is 32.6. The van der Waals surface area contributed by atoms with Crippen LogP contribution in [-0.2, 0) is 49.3 Å². The molecule has 22 heteroatoms. The molecule has 0 aromatic heterocycles. The molecule has 0 aliphatic carbocycles. The fourth-order valence-electron chi connectivity index (χ4n) is 5.83. The van der Waals surface area contributed by atoms with Crippen molar-refractivity contribution in [1.29, 1.82) is 0 Å². The number of phosphoric acid groups is 1. The molecule has 56 heavy (non-hydrogen) atoms. The van der Waals surface area contributed by atoms with Crippen molar-refractivity contribution in [2.24, 2.45) is 11.7 Å². The number of carbonyl (C=O) groups is 8. The van der Waals surface area contributed by atoms with Crippen LogP contribution in [0.5, 0.6) is 5.75 Å². The Morgan fingerprint density at radius 1 is 0.875 bits per heavy atom. The van der Waals surface area contributed by atoms with E-state index in [0.717, 1.165) is 0 Å². The van der Waals surface area contributed by atoms with Crippen LogP contribution in [0.2, 0.25) is 0 Å². The van der Waals surface area contributed by atoms with Crippen molar-refractivity contribution in [2.75, 3.05) is 6.54 Å². The van der Waals surface area contributed by atoms with E-state index in [-0.39, 0.29) is 50.3 Å². The number of carboxylic acid groups (broad SMARTS) is 1. The van der Waals surface area contributed by atoms with Crippen molar-refractivity contribution in [2.45, 2.75) is 115 Å². The van der Waals surface area contributed by atoms with Gasteiger partial charge in [0.25, 0.3) is 0 Å². The standard InChI is InChI=1S/C34H52N7O14P/c1-17(2)15-25(39-30(46)24(37-20(5)43)16-21-8-10-22(11-9-21)55-56(52,53)54)33(49)41-14-6-7-26(41)31(47)38-23(12-13-27(35)44)29(45)40-28(19(4)42)32(48)36-18(3)34(50)51/h8-11,17-19,23-26,28,42H,6-7,12-16H2,1-5H3,(H2,35,44)(H,36,48)(H,37,43)(H,38,47)(H,39,46)(H,40,45)(H,50,51)(H2,52,53,54)/t18-,19-,23-,24+,25+,26-,28-/m1/s1. The number of carbonyl (C=O) groups excluding carboxylic acids is 7. The van der Waals surface area contributed by atoms with Gasteiger partial charge in [-0.2, -0.15) is 0 Å². The van der Waals surface area contributed by atoms with Gasteiger partial charge in [0.15, 0.2) is 0 Å². The molecule has 11 N–H and O–H groups in total. The third kappa shape index (κ3) is 15.6. The molecule has 7 amide bonds. The lowest BCUT2D eigenvalue weighted by molar-refractivity contribution is -0.143. The predicted molar refractivity (Wildman–Crippen MR) is 196 cm³/mol. The van der Waals surface area contributed by atoms with E-state index in [9.17, 15) is 48.0 Å². The lowest BCUT2D eigenvalue weighted by atomic mass is 10.00. The second-order valence-electron chi connectivity index (χ2n) is 13.9. The molecule has 0 bridgehead atoms. The van der Waals surface area contributed by atoms with E-state index in [1.807, 2.05) is 0 Å². The maximum absolute atomic E-state index is 14.1. The van der Waals surface area contributed by atoms with Gasteiger partial charge in [-0.1, -0.05) is 26.0 Å². The second kappa shape index (κ2) is 21.3. The number of amides is 7. The molecule has 1 aromatic rings. The van der Waals surface area contributed by atoms with Crippen molar-refractivity contribution in [1.82, 2.24) is 31.5 Å². The van der Waals surface area contributed by atoms with Crippen molar-refractivity contribution in [3.05, 3.63) is 29.8 Å². The molecule has 0 radical (unpaired) electrons. The zero-order valence-electron chi connectivity index (χ0n) is 31.7. The number of likely N-dealkylation sites (tertiary alicyclic amines) is 1. The quantitative estimate of drug-likeness (QED) is 0.0597. The largest absolute Gasteiger partial charge is 0.524 e. The minimum absolute atomic E-state index is 0.0795. The number of hydrogen-bond donors (Lipinski definition) is 10. The van der Waals surface area contributed by atoms with Crippen molar-refractivity contribution in [3.8, 4) is 5.75 Å². The van der Waals surface area contributed by atoms with Crippen LogP contribution < -0.4 is 36.8 Å². The van der Waals surface area contributed by atoms with E-state index in [1.165, 1.54) is 49.9 Å². The number of rotatable bonds is 21. The topological polar surface area (TPSA) is 333 Å². The third-order valence-corrected chi connectivity index (χ3v) is 8.99. The first kappa shape index (κ1) is 47.0. The highest BCUT2D eigenvalue weighted by molar-refractivity contribution is 7.46. The first-order chi connectivity index (χ1) is 26.0. The van der Waals surface area contributed by atoms with E-state index < -0.39 is 97.5 Å². The molecule has 1 aliphatic heterocycles. The predicted octanol–water partition coefficient (Wildman–Crippen LogP) is -2.07. The molecule has 7 atom stereocenters. The van der Waals surface area contributed by atoms with E-state index in [2.05, 4.69) is 31.1 Å². The van der Waals surface area contributed by atoms with Crippen LogP contribution in [0.1, 0.15) is 72.3 Å². The molecular formula is C34H52N7O14P. The van der Waals surface area contributed by atoms with Crippen LogP contribution >= 0.6 is 7.82 Å². The fourth-order valence-corrected chi connectivity index (χ4v) is 6.23. The smallest absolute Gasteiger partial charge is 0.480 e. The highest BCUT2D eigenvalue weighted by Crippen LogP contribution is 2.37. The summed E-state index contributed by atoms with van der Waals surface area (Å²) in [6.07, 6.45) is -1.64. The fraction of sp³-hybridized carbons (Fsp3) is 0.588. The highest BCUT2D eigenvalue weighted by Gasteiger charge is 2.40. The molecule has 1 fully saturated rings. The Hall–Kier alpha value is -5.11. The summed E-state index contributed by atoms with van der Waals surface area (Å²) in [7, 11) is -4.81. The van der Waals surface area contributed by atoms with Crippen LogP contribution in [0.15, 0.2) is 24.3 Å². The normalized spacial score (nSPS) is 17.3. The van der Waals surface area contributed by atoms with Crippen molar-refractivity contribution in [3.63, 3.8) is 0 Å². The summed E-state index contributed by atoms with van der Waals surface area (Å²) in [6, 6.07) is -2.57. The van der Waals surface area contributed by atoms with Gasteiger partial charge < -0.3 is 52.0 Å². The Balaban J connectivity index is 2.28. The van der Waals surface area contributed by atoms with Gasteiger partial charge in [-0.15, -0.1) is 0 Å². The van der Waals surface area contributed by atoms with Gasteiger partial charge in [0, 0.05) is 26.3 Å². The van der Waals surface area contributed by atoms with Crippen LogP contribution in [0, 0.1) is 5.92 Å². The number of hydrogen-bond acceptors (Lipinski definition) is 11. The molecule has 1 aliphatic rings. The molecule has 1 aromatic carbocycles. The number of nitrogens with two attached hydrogens (primary N) is 1. The van der Waals surface area contributed by atoms with Crippen LogP contribution in [0.3, 0.4) is 0 Å². The van der Waals surface area contributed by atoms with Gasteiger partial charge in [0.05, 0.1) is 6.10 Å². The Morgan fingerprint density at radius 2 is 1.48 bits per heavy atom. The van der Waals surface area contributed by atoms with E-state index in [0.29, 0.717) is 12.0 Å². The highest BCUT2D eigenvalue weighted by atomic mass is 31.2. The average Bonchev–Trinajstić information content (AvgIpc) is 3.57. The molecular weight excluding hydrogens is 761 g/mol. The van der Waals surface area contributed by atoms with E-state index in [4.69, 9.17) is 20.6 Å². The first-order valence-electron chi connectivity index (χ1n) is 17.8. The summed E-state index contributed by atoms with van der Waals surface area (Å²) < 4.78 is 15.7. The molecule has 0 saturated carbocycles. The lowest BCUT2D eigenvalue weighted by Crippen LogP contribution is -2.60. The molecule has 0 unspecified atom stereocenters. The zero-order chi connectivity index (χ0) is 42.5. The van der Waals surface area contributed by atoms with E-state index in [1.54, 1.807) is 13.8 Å². The molecule has 21 nitrogen and oxygen atoms in total. The number of phosphoric ester groups is 1. The maximum Gasteiger partial charge on any atom is 0.524 e. The van der Waals surface area contributed by atoms with Gasteiger partial charge in [-0.25, -0.2) is 4.57 Å². The SMILES string of the molecule is CC(=O)N[C@@H](Cc1ccc(OP(=O)(O)O)cc1)C(=O)N[C@@H](CC(C)C)C(=O)N1CCC[C@@H]1C(=O)N[C@H](CCC(N)=O)C(=O)N[C@@H](C(=O)N[C@H](C)C(=O)O)[C@@H](C)O. The van der Waals surface area contributed by atoms with Gasteiger partial charge >= 0.3 is 13.8 Å². The monoisotopic (exact) mass is 813 g/mol. The number of aliphatic carboxylic acids is 1. The molecule has 0 spiro atoms. The number of nitrogens with one attached hydrogen (secondary N) is 5. The Morgan fingerprint density at radius 3 is 2.00 bits per heavy atom. The number of nitrogens with zero attached hydrogens (tertiary/aromatic N) is 1. The van der Waals surface area contributed by atoms with Gasteiger partial charge in [0.2, 0.25) is 41.4 Å². The molecule has 2 rings (SSSR count). The molecule has 312 valence electrons. The first-order valence-corrected chi connectivity index (χ1v) is 19.3. The van der Waals surface area contributed by atoms with Crippen molar-refractivity contribution < 1.29 is 67.4 Å². The van der Waals surface area contributed by atoms with Crippen LogP contribution in [0.4, 0.5) is 0 Å². The van der Waals surface area contributed by atoms with Crippen molar-refractivity contribution >= 4 is 55.1 Å². The summed E-state index contributed by atoms with van der Waals surface area (Å²) in [5.74, 6) is -7.19. The number of aliphatic hydroxyl groups excluding tert-OH is 1. The Bertz CT molecular complexity index is 1650. The van der Waals surface area contributed by atoms with Gasteiger partial charge in [-0.05, 0) is 63.1 Å². The number of primary amides is 1. The number of aliphatic hydroxyl groups is 1. The summed E-state index contributed by atoms with van der Waals surface area (Å²) in [6.45, 7) is 7.24. The minimum atomic E-state index is -4.81. The summed E-state index contributed by atoms with van der Waals surface area (Å²) in [5, 5.41) is 31.5. The summed E-state index contributed by atoms with van der Waals surface area (Å²) in [4.78, 5) is 122. The number of benzene rings is 1. The summed E-state index contributed by atoms with van der Waals surface area (Å²) >= 11 is 0. The van der Waals surface area contributed by atoms with Gasteiger partial charge in [0.1, 0.15) is 42.0 Å². The van der Waals surface area contributed by atoms with Crippen LogP contribution in [0.25, 0.3) is 0 Å². The number of carboxylic acids is 1. The Labute approximate surface area is 323 Å². The lowest BCUT2D eigenvalue weighted by Gasteiger charge is -2.31. The third-order valence-electron chi connectivity index (χ3n) is 8.55. The van der Waals surface area contributed by atoms with Crippen LogP contribution in [-0.4, -0.2) is 121 Å². The van der Waals surface area contributed by atoms with Gasteiger partial charge in [-0.3, -0.25) is 48.1 Å². The molecule has 1 heterocycles. The second-order valence-corrected chi connectivity index (χ2v) is 15.1. The summed E-state index contributed by atoms with van der Waals surface area (Å²) in [5.41, 5.74) is 5.76. The average molecular weight is 814 g/mol.